The molecular formula is C20H19NO3. The number of aliphatic hydroxyl groups is 1. The first-order chi connectivity index (χ1) is 11.7. The Balaban J connectivity index is 1.79. The van der Waals surface area contributed by atoms with E-state index in [1.54, 1.807) is 17.0 Å². The predicted molar refractivity (Wildman–Crippen MR) is 92.5 cm³/mol. The van der Waals surface area contributed by atoms with Crippen LogP contribution in [0, 0.1) is 0 Å². The minimum absolute atomic E-state index is 0.0619. The summed E-state index contributed by atoms with van der Waals surface area (Å²) in [6.07, 6.45) is 1.91. The summed E-state index contributed by atoms with van der Waals surface area (Å²) >= 11 is 0. The van der Waals surface area contributed by atoms with Gasteiger partial charge >= 0.3 is 0 Å². The maximum Gasteiger partial charge on any atom is 0.181 e. The molecule has 1 N–H and O–H groups in total. The number of hydrogen-bond acceptors (Lipinski definition) is 3. The van der Waals surface area contributed by atoms with Crippen LogP contribution in [0.15, 0.2) is 90.0 Å². The third kappa shape index (κ3) is 4.19. The summed E-state index contributed by atoms with van der Waals surface area (Å²) < 4.78 is 7.63. The molecule has 24 heavy (non-hydrogen) atoms. The van der Waals surface area contributed by atoms with Crippen molar-refractivity contribution in [2.45, 2.75) is 18.9 Å². The van der Waals surface area contributed by atoms with Crippen LogP contribution in [0.3, 0.4) is 0 Å². The van der Waals surface area contributed by atoms with Crippen molar-refractivity contribution in [1.29, 1.82) is 0 Å². The summed E-state index contributed by atoms with van der Waals surface area (Å²) in [5.41, 5.74) is 1.89. The second-order valence-electron chi connectivity index (χ2n) is 5.52. The first-order valence-corrected chi connectivity index (χ1v) is 7.82. The first kappa shape index (κ1) is 16.2. The minimum Gasteiger partial charge on any atom is -0.366 e. The summed E-state index contributed by atoms with van der Waals surface area (Å²) in [6.45, 7) is 0.246. The van der Waals surface area contributed by atoms with E-state index in [9.17, 15) is 9.90 Å². The number of pyridine rings is 1. The Labute approximate surface area is 140 Å². The monoisotopic (exact) mass is 321 g/mol. The number of rotatable bonds is 6. The molecule has 4 heteroatoms. The number of aromatic nitrogens is 1. The summed E-state index contributed by atoms with van der Waals surface area (Å²) in [5.74, 6) is 0. The molecule has 2 aromatic carbocycles. The smallest absolute Gasteiger partial charge is 0.181 e. The fourth-order valence-electron chi connectivity index (χ4n) is 2.55. The van der Waals surface area contributed by atoms with Gasteiger partial charge in [0.05, 0.1) is 6.54 Å². The van der Waals surface area contributed by atoms with Crippen molar-refractivity contribution in [2.24, 2.45) is 0 Å². The van der Waals surface area contributed by atoms with Crippen molar-refractivity contribution in [3.8, 4) is 0 Å². The average molecular weight is 321 g/mol. The summed E-state index contributed by atoms with van der Waals surface area (Å²) in [7, 11) is 0. The topological polar surface area (TPSA) is 51.5 Å². The van der Waals surface area contributed by atoms with E-state index >= 15 is 0 Å². The lowest BCUT2D eigenvalue weighted by atomic mass is 10.0. The van der Waals surface area contributed by atoms with Gasteiger partial charge in [0.15, 0.2) is 11.7 Å². The summed E-state index contributed by atoms with van der Waals surface area (Å²) in [5, 5.41) is 10.3. The van der Waals surface area contributed by atoms with Crippen molar-refractivity contribution in [3.63, 3.8) is 0 Å². The summed E-state index contributed by atoms with van der Waals surface area (Å²) in [4.78, 5) is 11.1. The molecule has 0 aliphatic rings. The number of ether oxygens (including phenoxy) is 1. The highest BCUT2D eigenvalue weighted by atomic mass is 16.6. The normalized spacial score (nSPS) is 12.2. The molecule has 1 unspecified atom stereocenters. The van der Waals surface area contributed by atoms with E-state index in [4.69, 9.17) is 4.74 Å². The first-order valence-electron chi connectivity index (χ1n) is 7.82. The van der Waals surface area contributed by atoms with Crippen molar-refractivity contribution >= 4 is 0 Å². The van der Waals surface area contributed by atoms with Gasteiger partial charge in [-0.1, -0.05) is 60.7 Å². The maximum absolute atomic E-state index is 11.1. The summed E-state index contributed by atoms with van der Waals surface area (Å²) in [6, 6.07) is 22.5. The van der Waals surface area contributed by atoms with Gasteiger partial charge in [0.2, 0.25) is 0 Å². The quantitative estimate of drug-likeness (QED) is 0.710. The second kappa shape index (κ2) is 7.73. The Morgan fingerprint density at radius 2 is 1.33 bits per heavy atom. The Morgan fingerprint density at radius 3 is 1.83 bits per heavy atom. The number of hydrogen-bond donors (Lipinski definition) is 1. The fraction of sp³-hybridized carbons (Fsp3) is 0.150. The van der Waals surface area contributed by atoms with Crippen LogP contribution < -0.4 is 5.43 Å². The van der Waals surface area contributed by atoms with Crippen molar-refractivity contribution in [1.82, 2.24) is 4.57 Å². The van der Waals surface area contributed by atoms with Crippen LogP contribution in [0.5, 0.6) is 0 Å². The zero-order chi connectivity index (χ0) is 16.8. The number of nitrogens with zero attached hydrogens (tertiary/aromatic N) is 1. The molecule has 0 radical (unpaired) electrons. The van der Waals surface area contributed by atoms with Crippen LogP contribution in [0.25, 0.3) is 0 Å². The zero-order valence-electron chi connectivity index (χ0n) is 13.2. The lowest BCUT2D eigenvalue weighted by Gasteiger charge is -2.23. The second-order valence-corrected chi connectivity index (χ2v) is 5.52. The van der Waals surface area contributed by atoms with Crippen LogP contribution in [0.1, 0.15) is 17.2 Å². The minimum atomic E-state index is -1.00. The van der Waals surface area contributed by atoms with Gasteiger partial charge in [-0.3, -0.25) is 4.79 Å². The molecule has 3 rings (SSSR count). The largest absolute Gasteiger partial charge is 0.366 e. The van der Waals surface area contributed by atoms with Gasteiger partial charge in [0.1, 0.15) is 6.10 Å². The molecule has 1 aromatic heterocycles. The van der Waals surface area contributed by atoms with Crippen LogP contribution in [0.4, 0.5) is 0 Å². The van der Waals surface area contributed by atoms with E-state index in [0.717, 1.165) is 11.1 Å². The Morgan fingerprint density at radius 1 is 0.833 bits per heavy atom. The van der Waals surface area contributed by atoms with Gasteiger partial charge in [-0.15, -0.1) is 0 Å². The third-order valence-electron chi connectivity index (χ3n) is 3.73. The average Bonchev–Trinajstić information content (AvgIpc) is 2.63. The molecule has 0 aliphatic carbocycles. The maximum atomic E-state index is 11.1. The van der Waals surface area contributed by atoms with Gasteiger partial charge < -0.3 is 14.4 Å². The van der Waals surface area contributed by atoms with E-state index in [-0.39, 0.29) is 18.1 Å². The molecule has 122 valence electrons. The van der Waals surface area contributed by atoms with E-state index in [1.165, 1.54) is 12.1 Å². The van der Waals surface area contributed by atoms with Crippen LogP contribution in [-0.4, -0.2) is 16.0 Å². The van der Waals surface area contributed by atoms with Crippen molar-refractivity contribution < 1.29 is 9.84 Å². The van der Waals surface area contributed by atoms with Gasteiger partial charge in [-0.2, -0.15) is 0 Å². The van der Waals surface area contributed by atoms with E-state index in [2.05, 4.69) is 0 Å². The molecule has 0 saturated heterocycles. The van der Waals surface area contributed by atoms with Crippen molar-refractivity contribution in [2.75, 3.05) is 0 Å². The predicted octanol–water partition coefficient (Wildman–Crippen LogP) is 2.97. The molecule has 0 saturated carbocycles. The van der Waals surface area contributed by atoms with Gasteiger partial charge in [-0.25, -0.2) is 0 Å². The zero-order valence-corrected chi connectivity index (χ0v) is 13.2. The fourth-order valence-corrected chi connectivity index (χ4v) is 2.55. The van der Waals surface area contributed by atoms with Crippen LogP contribution in [-0.2, 0) is 11.3 Å². The Kier molecular flexibility index (Phi) is 5.21. The van der Waals surface area contributed by atoms with Crippen LogP contribution >= 0.6 is 0 Å². The molecule has 3 aromatic rings. The molecule has 4 nitrogen and oxygen atoms in total. The molecule has 0 amide bonds. The van der Waals surface area contributed by atoms with Gasteiger partial charge in [0, 0.05) is 24.5 Å². The molecule has 1 atom stereocenters. The highest BCUT2D eigenvalue weighted by Gasteiger charge is 2.18. The van der Waals surface area contributed by atoms with Gasteiger partial charge in [0.25, 0.3) is 0 Å². The van der Waals surface area contributed by atoms with E-state index < -0.39 is 6.29 Å². The third-order valence-corrected chi connectivity index (χ3v) is 3.73. The van der Waals surface area contributed by atoms with E-state index in [0.29, 0.717) is 0 Å². The molecule has 0 aliphatic heterocycles. The highest BCUT2D eigenvalue weighted by Crippen LogP contribution is 2.27. The SMILES string of the molecule is O=c1ccn(CC(O)OC(c2ccccc2)c2ccccc2)cc1. The standard InChI is InChI=1S/C20H19NO3/c22-18-11-13-21(14-12-18)15-19(23)24-20(16-7-3-1-4-8-16)17-9-5-2-6-10-17/h1-14,19-20,23H,15H2. The van der Waals surface area contributed by atoms with E-state index in [1.807, 2.05) is 60.7 Å². The van der Waals surface area contributed by atoms with Crippen molar-refractivity contribution in [3.05, 3.63) is 107 Å². The lowest BCUT2D eigenvalue weighted by Crippen LogP contribution is -2.23. The number of aliphatic hydroxyl groups excluding tert-OH is 1. The molecule has 1 heterocycles. The highest BCUT2D eigenvalue weighted by molar-refractivity contribution is 5.29. The van der Waals surface area contributed by atoms with Gasteiger partial charge in [-0.05, 0) is 11.1 Å². The van der Waals surface area contributed by atoms with Crippen LogP contribution in [0.2, 0.25) is 0 Å². The molecule has 0 bridgehead atoms. The Hall–Kier alpha value is -2.69. The molecular weight excluding hydrogens is 302 g/mol. The molecule has 0 fully saturated rings. The molecule has 0 spiro atoms. The lowest BCUT2D eigenvalue weighted by molar-refractivity contribution is -0.133. The Bertz CT molecular complexity index is 755. The number of benzene rings is 2.